The van der Waals surface area contributed by atoms with E-state index < -0.39 is 0 Å². The van der Waals surface area contributed by atoms with Crippen LogP contribution in [0.15, 0.2) is 24.3 Å². The van der Waals surface area contributed by atoms with E-state index in [0.29, 0.717) is 12.2 Å². The van der Waals surface area contributed by atoms with E-state index in [1.807, 2.05) is 9.47 Å². The van der Waals surface area contributed by atoms with Crippen LogP contribution in [0.25, 0.3) is 0 Å². The molecule has 2 aromatic rings. The van der Waals surface area contributed by atoms with Crippen molar-refractivity contribution in [2.45, 2.75) is 83.7 Å². The number of carbonyl (C=O) groups is 2. The van der Waals surface area contributed by atoms with Crippen molar-refractivity contribution in [1.82, 2.24) is 25.0 Å². The molecule has 176 valence electrons. The molecule has 7 heteroatoms. The molecule has 5 rings (SSSR count). The fourth-order valence-electron chi connectivity index (χ4n) is 5.82. The summed E-state index contributed by atoms with van der Waals surface area (Å²) in [5, 5.41) is 11.8. The molecule has 3 heterocycles. The second-order valence-corrected chi connectivity index (χ2v) is 10.4. The van der Waals surface area contributed by atoms with Crippen molar-refractivity contribution in [3.63, 3.8) is 0 Å². The number of aromatic nitrogens is 3. The van der Waals surface area contributed by atoms with Gasteiger partial charge in [0.15, 0.2) is 0 Å². The van der Waals surface area contributed by atoms with Gasteiger partial charge in [-0.1, -0.05) is 49.1 Å². The van der Waals surface area contributed by atoms with Crippen molar-refractivity contribution < 1.29 is 9.59 Å². The highest BCUT2D eigenvalue weighted by Crippen LogP contribution is 2.41. The van der Waals surface area contributed by atoms with E-state index in [1.54, 1.807) is 0 Å². The largest absolute Gasteiger partial charge is 0.347 e. The molecule has 0 radical (unpaired) electrons. The quantitative estimate of drug-likeness (QED) is 0.775. The second kappa shape index (κ2) is 9.27. The summed E-state index contributed by atoms with van der Waals surface area (Å²) >= 11 is 0. The Kier molecular flexibility index (Phi) is 6.21. The van der Waals surface area contributed by atoms with Gasteiger partial charge >= 0.3 is 0 Å². The van der Waals surface area contributed by atoms with Gasteiger partial charge in [-0.3, -0.25) is 9.59 Å². The molecule has 1 atom stereocenters. The van der Waals surface area contributed by atoms with E-state index in [1.165, 1.54) is 24.8 Å². The fourth-order valence-corrected chi connectivity index (χ4v) is 5.82. The summed E-state index contributed by atoms with van der Waals surface area (Å²) in [6.45, 7) is 4.43. The van der Waals surface area contributed by atoms with Crippen LogP contribution in [-0.4, -0.2) is 50.6 Å². The highest BCUT2D eigenvalue weighted by molar-refractivity contribution is 5.91. The molecule has 1 aromatic heterocycles. The molecule has 1 saturated heterocycles. The fraction of sp³-hybridized carbons (Fsp3) is 0.615. The molecule has 1 N–H and O–H groups in total. The van der Waals surface area contributed by atoms with Gasteiger partial charge in [0, 0.05) is 32.1 Å². The first-order valence-corrected chi connectivity index (χ1v) is 12.6. The van der Waals surface area contributed by atoms with Gasteiger partial charge in [0.1, 0.15) is 5.82 Å². The van der Waals surface area contributed by atoms with Crippen molar-refractivity contribution in [1.29, 1.82) is 0 Å². The van der Waals surface area contributed by atoms with Crippen LogP contribution in [0, 0.1) is 12.3 Å². The summed E-state index contributed by atoms with van der Waals surface area (Å²) in [6, 6.07) is 8.50. The molecule has 1 aromatic carbocycles. The number of rotatable bonds is 4. The topological polar surface area (TPSA) is 80.1 Å². The lowest BCUT2D eigenvalue weighted by Crippen LogP contribution is -2.37. The Hall–Kier alpha value is -2.70. The molecule has 2 fully saturated rings. The van der Waals surface area contributed by atoms with Gasteiger partial charge in [-0.05, 0) is 50.0 Å². The van der Waals surface area contributed by atoms with Gasteiger partial charge in [0.05, 0.1) is 6.42 Å². The smallest absolute Gasteiger partial charge is 0.289 e. The van der Waals surface area contributed by atoms with E-state index in [0.717, 1.165) is 69.5 Å². The monoisotopic (exact) mass is 449 g/mol. The van der Waals surface area contributed by atoms with Gasteiger partial charge < -0.3 is 14.8 Å². The van der Waals surface area contributed by atoms with E-state index in [4.69, 9.17) is 0 Å². The number of fused-ring (bicyclic) bond motifs is 1. The molecule has 2 aliphatic heterocycles. The summed E-state index contributed by atoms with van der Waals surface area (Å²) < 4.78 is 2.03. The predicted octanol–water partition coefficient (Wildman–Crippen LogP) is 3.45. The van der Waals surface area contributed by atoms with Gasteiger partial charge in [0.2, 0.25) is 11.7 Å². The van der Waals surface area contributed by atoms with Crippen molar-refractivity contribution >= 4 is 11.8 Å². The molecule has 1 unspecified atom stereocenters. The van der Waals surface area contributed by atoms with Gasteiger partial charge in [0.25, 0.3) is 5.91 Å². The molecule has 0 bridgehead atoms. The highest BCUT2D eigenvalue weighted by Gasteiger charge is 2.41. The Morgan fingerprint density at radius 2 is 1.79 bits per heavy atom. The molecule has 2 amide bonds. The van der Waals surface area contributed by atoms with Gasteiger partial charge in [-0.25, -0.2) is 0 Å². The lowest BCUT2D eigenvalue weighted by molar-refractivity contribution is -0.129. The number of carbonyl (C=O) groups excluding carboxylic acids is 2. The van der Waals surface area contributed by atoms with Crippen molar-refractivity contribution in [3.8, 4) is 0 Å². The predicted molar refractivity (Wildman–Crippen MR) is 126 cm³/mol. The van der Waals surface area contributed by atoms with Crippen LogP contribution >= 0.6 is 0 Å². The third-order valence-corrected chi connectivity index (χ3v) is 7.98. The molecule has 33 heavy (non-hydrogen) atoms. The molecule has 1 spiro atoms. The number of hydrogen-bond acceptors (Lipinski definition) is 4. The maximum absolute atomic E-state index is 13.0. The average molecular weight is 450 g/mol. The Morgan fingerprint density at radius 3 is 2.58 bits per heavy atom. The normalized spacial score (nSPS) is 23.4. The van der Waals surface area contributed by atoms with E-state index in [-0.39, 0.29) is 23.3 Å². The van der Waals surface area contributed by atoms with Gasteiger partial charge in [-0.2, -0.15) is 0 Å². The van der Waals surface area contributed by atoms with Crippen LogP contribution in [0.4, 0.5) is 0 Å². The van der Waals surface area contributed by atoms with Crippen LogP contribution in [0.5, 0.6) is 0 Å². The van der Waals surface area contributed by atoms with Crippen LogP contribution < -0.4 is 5.32 Å². The molecule has 3 aliphatic rings. The number of amides is 2. The average Bonchev–Trinajstić information content (AvgIpc) is 3.39. The summed E-state index contributed by atoms with van der Waals surface area (Å²) in [5.41, 5.74) is 2.40. The summed E-state index contributed by atoms with van der Waals surface area (Å²) in [6.07, 6.45) is 9.99. The second-order valence-electron chi connectivity index (χ2n) is 10.4. The summed E-state index contributed by atoms with van der Waals surface area (Å²) in [5.74, 6) is 1.49. The lowest BCUT2D eigenvalue weighted by Gasteiger charge is -2.27. The molecule has 1 saturated carbocycles. The maximum atomic E-state index is 13.0. The number of hydrogen-bond donors (Lipinski definition) is 1. The number of aryl methyl sites for hydroxylation is 2. The standard InChI is InChI=1S/C26H35N5O2/c1-19-7-9-20(10-8-19)17-23(32)30-15-13-26(18-30)12-11-22-28-29-24(31(22)16-14-26)25(33)27-21-5-3-2-4-6-21/h7-10,21H,2-6,11-18H2,1H3,(H,27,33). The third kappa shape index (κ3) is 4.82. The zero-order chi connectivity index (χ0) is 22.8. The molecular formula is C26H35N5O2. The molecular weight excluding hydrogens is 414 g/mol. The number of nitrogens with zero attached hydrogens (tertiary/aromatic N) is 4. The SMILES string of the molecule is Cc1ccc(CC(=O)N2CCC3(CCc4nnc(C(=O)NC5CCCCC5)n4CC3)C2)cc1. The Balaban J connectivity index is 1.21. The number of nitrogens with one attached hydrogen (secondary N) is 1. The summed E-state index contributed by atoms with van der Waals surface area (Å²) in [7, 11) is 0. The third-order valence-electron chi connectivity index (χ3n) is 7.98. The van der Waals surface area contributed by atoms with Crippen LogP contribution in [-0.2, 0) is 24.2 Å². The minimum atomic E-state index is -0.0853. The molecule has 1 aliphatic carbocycles. The number of benzene rings is 1. The van der Waals surface area contributed by atoms with Gasteiger partial charge in [-0.15, -0.1) is 10.2 Å². The van der Waals surface area contributed by atoms with Crippen LogP contribution in [0.3, 0.4) is 0 Å². The first-order chi connectivity index (χ1) is 16.0. The number of likely N-dealkylation sites (tertiary alicyclic amines) is 1. The Bertz CT molecular complexity index is 1010. The zero-order valence-corrected chi connectivity index (χ0v) is 19.7. The van der Waals surface area contributed by atoms with Crippen molar-refractivity contribution in [3.05, 3.63) is 47.0 Å². The zero-order valence-electron chi connectivity index (χ0n) is 19.7. The van der Waals surface area contributed by atoms with E-state index in [2.05, 4.69) is 46.7 Å². The first kappa shape index (κ1) is 22.1. The van der Waals surface area contributed by atoms with Crippen molar-refractivity contribution in [2.24, 2.45) is 5.41 Å². The Labute approximate surface area is 195 Å². The lowest BCUT2D eigenvalue weighted by atomic mass is 9.80. The van der Waals surface area contributed by atoms with Crippen LogP contribution in [0.2, 0.25) is 0 Å². The Morgan fingerprint density at radius 1 is 1.03 bits per heavy atom. The minimum Gasteiger partial charge on any atom is -0.347 e. The minimum absolute atomic E-state index is 0.0853. The summed E-state index contributed by atoms with van der Waals surface area (Å²) in [4.78, 5) is 27.9. The molecule has 7 nitrogen and oxygen atoms in total. The maximum Gasteiger partial charge on any atom is 0.289 e. The highest BCUT2D eigenvalue weighted by atomic mass is 16.2. The van der Waals surface area contributed by atoms with E-state index in [9.17, 15) is 9.59 Å². The van der Waals surface area contributed by atoms with E-state index >= 15 is 0 Å². The van der Waals surface area contributed by atoms with Crippen molar-refractivity contribution in [2.75, 3.05) is 13.1 Å². The van der Waals surface area contributed by atoms with Crippen LogP contribution in [0.1, 0.15) is 78.9 Å². The first-order valence-electron chi connectivity index (χ1n) is 12.6.